The molecule has 8 nitrogen and oxygen atoms in total. The number of hydrogen-bond acceptors (Lipinski definition) is 7. The predicted molar refractivity (Wildman–Crippen MR) is 133 cm³/mol. The lowest BCUT2D eigenvalue weighted by atomic mass is 10.0. The molecule has 196 valence electrons. The van der Waals surface area contributed by atoms with Gasteiger partial charge in [-0.1, -0.05) is 0 Å². The molecule has 0 bridgehead atoms. The zero-order valence-electron chi connectivity index (χ0n) is 20.3. The van der Waals surface area contributed by atoms with Crippen molar-refractivity contribution in [3.05, 3.63) is 48.3 Å². The third-order valence-electron chi connectivity index (χ3n) is 6.99. The highest BCUT2D eigenvalue weighted by Crippen LogP contribution is 2.35. The predicted octanol–water partition coefficient (Wildman–Crippen LogP) is 4.05. The molecule has 0 spiro atoms. The van der Waals surface area contributed by atoms with Crippen molar-refractivity contribution in [1.29, 1.82) is 0 Å². The van der Waals surface area contributed by atoms with Crippen LogP contribution in [0.1, 0.15) is 31.3 Å². The van der Waals surface area contributed by atoms with Crippen LogP contribution in [0.5, 0.6) is 11.6 Å². The van der Waals surface area contributed by atoms with Gasteiger partial charge in [-0.05, 0) is 48.7 Å². The molecule has 4 heterocycles. The average Bonchev–Trinajstić information content (AvgIpc) is 3.36. The van der Waals surface area contributed by atoms with Crippen LogP contribution >= 0.6 is 0 Å². The average molecular weight is 532 g/mol. The first-order valence-corrected chi connectivity index (χ1v) is 13.9. The lowest BCUT2D eigenvalue weighted by Crippen LogP contribution is -2.39. The van der Waals surface area contributed by atoms with Crippen LogP contribution in [0.15, 0.2) is 42.7 Å². The van der Waals surface area contributed by atoms with E-state index < -0.39 is 16.3 Å². The summed E-state index contributed by atoms with van der Waals surface area (Å²) in [7, 11) is -1.72. The van der Waals surface area contributed by atoms with Gasteiger partial charge in [0.15, 0.2) is 0 Å². The molecule has 2 aliphatic heterocycles. The molecule has 3 aromatic rings. The summed E-state index contributed by atoms with van der Waals surface area (Å²) >= 11 is 0. The molecule has 2 fully saturated rings. The van der Waals surface area contributed by atoms with Crippen molar-refractivity contribution in [2.45, 2.75) is 31.8 Å². The van der Waals surface area contributed by atoms with Crippen LogP contribution in [-0.4, -0.2) is 67.0 Å². The summed E-state index contributed by atoms with van der Waals surface area (Å²) in [6, 6.07) is 8.54. The lowest BCUT2D eigenvalue weighted by molar-refractivity contribution is -0.135. The number of methoxy groups -OCH3 is 1. The highest BCUT2D eigenvalue weighted by molar-refractivity contribution is 7.91. The van der Waals surface area contributed by atoms with Crippen LogP contribution in [0.3, 0.4) is 0 Å². The molecule has 0 saturated carbocycles. The summed E-state index contributed by atoms with van der Waals surface area (Å²) in [5, 5.41) is 0.724. The fraction of sp³-hybridized carbons (Fsp3) is 0.423. The minimum absolute atomic E-state index is 0.00663. The second-order valence-corrected chi connectivity index (χ2v) is 11.7. The number of alkyl halides is 2. The first kappa shape index (κ1) is 25.3. The molecule has 1 atom stereocenters. The second kappa shape index (κ2) is 10.2. The van der Waals surface area contributed by atoms with Gasteiger partial charge in [0.1, 0.15) is 21.7 Å². The Morgan fingerprint density at radius 2 is 1.89 bits per heavy atom. The molecule has 1 amide bonds. The maximum absolute atomic E-state index is 13.5. The summed E-state index contributed by atoms with van der Waals surface area (Å²) in [6.07, 6.45) is 1.57. The van der Waals surface area contributed by atoms with Gasteiger partial charge in [-0.3, -0.25) is 9.78 Å². The maximum Gasteiger partial charge on any atom is 0.269 e. The normalized spacial score (nSPS) is 19.9. The van der Waals surface area contributed by atoms with Crippen molar-refractivity contribution in [2.75, 3.05) is 31.7 Å². The van der Waals surface area contributed by atoms with E-state index in [9.17, 15) is 22.0 Å². The third kappa shape index (κ3) is 5.36. The van der Waals surface area contributed by atoms with Crippen molar-refractivity contribution >= 4 is 26.6 Å². The fourth-order valence-electron chi connectivity index (χ4n) is 5.01. The van der Waals surface area contributed by atoms with Crippen LogP contribution < -0.4 is 9.47 Å². The van der Waals surface area contributed by atoms with Crippen molar-refractivity contribution in [1.82, 2.24) is 14.9 Å². The number of benzene rings is 1. The monoisotopic (exact) mass is 531 g/mol. The molecule has 37 heavy (non-hydrogen) atoms. The highest BCUT2D eigenvalue weighted by atomic mass is 32.2. The van der Waals surface area contributed by atoms with Crippen molar-refractivity contribution < 1.29 is 31.5 Å². The Bertz CT molecular complexity index is 1420. The van der Waals surface area contributed by atoms with Crippen LogP contribution in [0.4, 0.5) is 8.78 Å². The number of sulfone groups is 1. The molecule has 2 saturated heterocycles. The van der Waals surface area contributed by atoms with Crippen molar-refractivity contribution in [2.24, 2.45) is 5.92 Å². The number of amides is 1. The van der Waals surface area contributed by atoms with Crippen molar-refractivity contribution in [3.8, 4) is 22.8 Å². The van der Waals surface area contributed by atoms with E-state index in [1.807, 2.05) is 6.07 Å². The minimum Gasteiger partial charge on any atom is -0.488 e. The van der Waals surface area contributed by atoms with Gasteiger partial charge in [-0.2, -0.15) is 0 Å². The Labute approximate surface area is 213 Å². The zero-order chi connectivity index (χ0) is 26.2. The van der Waals surface area contributed by atoms with Gasteiger partial charge in [0.2, 0.25) is 11.8 Å². The number of carbonyl (C=O) groups excluding carboxylic acids is 1. The molecule has 0 aliphatic carbocycles. The molecule has 11 heteroatoms. The number of halogens is 2. The number of aromatic nitrogens is 2. The maximum atomic E-state index is 13.5. The van der Waals surface area contributed by atoms with Crippen molar-refractivity contribution in [3.63, 3.8) is 0 Å². The van der Waals surface area contributed by atoms with Gasteiger partial charge >= 0.3 is 0 Å². The number of hydrogen-bond donors (Lipinski definition) is 0. The first-order chi connectivity index (χ1) is 17.7. The highest BCUT2D eigenvalue weighted by Gasteiger charge is 2.35. The topological polar surface area (TPSA) is 98.7 Å². The van der Waals surface area contributed by atoms with E-state index in [1.165, 1.54) is 19.4 Å². The van der Waals surface area contributed by atoms with Crippen LogP contribution in [-0.2, 0) is 14.6 Å². The van der Waals surface area contributed by atoms with Gasteiger partial charge in [-0.25, -0.2) is 22.2 Å². The van der Waals surface area contributed by atoms with Gasteiger partial charge in [-0.15, -0.1) is 0 Å². The van der Waals surface area contributed by atoms with Gasteiger partial charge in [0, 0.05) is 42.2 Å². The Kier molecular flexibility index (Phi) is 6.98. The third-order valence-corrected chi connectivity index (χ3v) is 8.71. The number of rotatable bonds is 6. The van der Waals surface area contributed by atoms with E-state index in [1.54, 1.807) is 29.3 Å². The SMILES string of the molecule is COc1ncc(-c2ccnc3ccc(O[C@H]4CCN(C(=O)C5CCS(=O)(=O)CC5)C4)cc23)cc1C(F)F. The Balaban J connectivity index is 1.33. The van der Waals surface area contributed by atoms with Crippen LogP contribution in [0, 0.1) is 5.92 Å². The number of nitrogens with zero attached hydrogens (tertiary/aromatic N) is 3. The zero-order valence-corrected chi connectivity index (χ0v) is 21.1. The van der Waals surface area contributed by atoms with E-state index in [2.05, 4.69) is 9.97 Å². The molecule has 0 unspecified atom stereocenters. The first-order valence-electron chi connectivity index (χ1n) is 12.1. The number of likely N-dealkylation sites (tertiary alicyclic amines) is 1. The van der Waals surface area contributed by atoms with E-state index in [4.69, 9.17) is 9.47 Å². The lowest BCUT2D eigenvalue weighted by Gasteiger charge is -2.26. The molecule has 0 N–H and O–H groups in total. The summed E-state index contributed by atoms with van der Waals surface area (Å²) < 4.78 is 61.6. The van der Waals surface area contributed by atoms with Gasteiger partial charge < -0.3 is 14.4 Å². The summed E-state index contributed by atoms with van der Waals surface area (Å²) in [4.78, 5) is 23.1. The van der Waals surface area contributed by atoms with Crippen LogP contribution in [0.25, 0.3) is 22.0 Å². The second-order valence-electron chi connectivity index (χ2n) is 9.40. The molecule has 2 aromatic heterocycles. The Morgan fingerprint density at radius 1 is 1.11 bits per heavy atom. The number of carbonyl (C=O) groups is 1. The van der Waals surface area contributed by atoms with Gasteiger partial charge in [0.05, 0.1) is 36.2 Å². The molecular formula is C26H27F2N3O5S. The van der Waals surface area contributed by atoms with Gasteiger partial charge in [0.25, 0.3) is 6.43 Å². The molecule has 1 aromatic carbocycles. The van der Waals surface area contributed by atoms with E-state index in [-0.39, 0.29) is 40.9 Å². The Morgan fingerprint density at radius 3 is 2.62 bits per heavy atom. The van der Waals surface area contributed by atoms with Crippen LogP contribution in [0.2, 0.25) is 0 Å². The fourth-order valence-corrected chi connectivity index (χ4v) is 6.50. The quantitative estimate of drug-likeness (QED) is 0.473. The molecular weight excluding hydrogens is 504 g/mol. The Hall–Kier alpha value is -3.34. The minimum atomic E-state index is -3.02. The molecule has 2 aliphatic rings. The summed E-state index contributed by atoms with van der Waals surface area (Å²) in [6.45, 7) is 0.987. The number of ether oxygens (including phenoxy) is 2. The summed E-state index contributed by atoms with van der Waals surface area (Å²) in [5.74, 6) is 0.331. The standard InChI is InChI=1S/C26H27F2N3O5S/c1-35-25-22(24(27)28)12-17(14-30-25)20-4-8-29-23-3-2-18(13-21(20)23)36-19-5-9-31(15-19)26(32)16-6-10-37(33,34)11-7-16/h2-4,8,12-14,16,19,24H,5-7,9-11,15H2,1H3/t19-/m0/s1. The van der Waals surface area contributed by atoms with E-state index >= 15 is 0 Å². The smallest absolute Gasteiger partial charge is 0.269 e. The number of fused-ring (bicyclic) bond motifs is 1. The largest absolute Gasteiger partial charge is 0.488 e. The molecule has 0 radical (unpaired) electrons. The molecule has 5 rings (SSSR count). The van der Waals surface area contributed by atoms with E-state index in [0.29, 0.717) is 54.7 Å². The summed E-state index contributed by atoms with van der Waals surface area (Å²) in [5.41, 5.74) is 1.58. The number of pyridine rings is 2. The van der Waals surface area contributed by atoms with E-state index in [0.717, 1.165) is 5.39 Å².